The van der Waals surface area contributed by atoms with Gasteiger partial charge in [0.2, 0.25) is 11.9 Å². The van der Waals surface area contributed by atoms with Gasteiger partial charge < -0.3 is 19.9 Å². The fourth-order valence-corrected chi connectivity index (χ4v) is 5.24. The lowest BCUT2D eigenvalue weighted by Crippen LogP contribution is -2.42. The SMILES string of the molecule is CCc1nc(N2C[C@@H]3[C@H](CNC(=O)CCN(C)C)[C@H]4CC[C@]3(C2)O4)ncc1C. The minimum absolute atomic E-state index is 0.0790. The molecular weight excluding hydrogens is 354 g/mol. The highest BCUT2D eigenvalue weighted by atomic mass is 16.5. The minimum Gasteiger partial charge on any atom is -0.369 e. The van der Waals surface area contributed by atoms with Crippen LogP contribution in [0.5, 0.6) is 0 Å². The molecule has 2 bridgehead atoms. The lowest BCUT2D eigenvalue weighted by molar-refractivity contribution is -0.121. The van der Waals surface area contributed by atoms with Crippen molar-refractivity contribution in [2.45, 2.75) is 51.2 Å². The van der Waals surface area contributed by atoms with E-state index in [-0.39, 0.29) is 17.6 Å². The van der Waals surface area contributed by atoms with Crippen LogP contribution in [0, 0.1) is 18.8 Å². The van der Waals surface area contributed by atoms with Crippen molar-refractivity contribution in [3.05, 3.63) is 17.5 Å². The van der Waals surface area contributed by atoms with Gasteiger partial charge in [-0.15, -0.1) is 0 Å². The second-order valence-corrected chi connectivity index (χ2v) is 8.92. The molecule has 7 nitrogen and oxygen atoms in total. The minimum atomic E-state index is -0.0790. The van der Waals surface area contributed by atoms with Crippen molar-refractivity contribution in [3.8, 4) is 0 Å². The molecule has 3 saturated heterocycles. The summed E-state index contributed by atoms with van der Waals surface area (Å²) in [6, 6.07) is 0. The maximum absolute atomic E-state index is 12.2. The Labute approximate surface area is 167 Å². The first-order valence-corrected chi connectivity index (χ1v) is 10.6. The first-order chi connectivity index (χ1) is 13.4. The molecule has 1 aromatic heterocycles. The van der Waals surface area contributed by atoms with Gasteiger partial charge in [0, 0.05) is 49.8 Å². The smallest absolute Gasteiger partial charge is 0.225 e. The number of anilines is 1. The Hall–Kier alpha value is -1.73. The van der Waals surface area contributed by atoms with Gasteiger partial charge in [-0.05, 0) is 45.8 Å². The molecule has 0 saturated carbocycles. The van der Waals surface area contributed by atoms with Gasteiger partial charge in [-0.2, -0.15) is 0 Å². The van der Waals surface area contributed by atoms with Crippen molar-refractivity contribution in [2.24, 2.45) is 11.8 Å². The standard InChI is InChI=1S/C21H33N5O2/c1-5-17-14(2)10-23-20(24-17)26-12-16-15(11-22-19(27)7-9-25(3)4)18-6-8-21(16,13-26)28-18/h10,15-16,18H,5-9,11-13H2,1-4H3,(H,22,27)/t15-,16+,18+,21+/m0/s1. The molecule has 0 aliphatic carbocycles. The number of fused-ring (bicyclic) bond motifs is 1. The lowest BCUT2D eigenvalue weighted by atomic mass is 9.73. The molecule has 1 spiro atoms. The summed E-state index contributed by atoms with van der Waals surface area (Å²) in [5.74, 6) is 1.79. The van der Waals surface area contributed by atoms with E-state index in [1.165, 1.54) is 0 Å². The summed E-state index contributed by atoms with van der Waals surface area (Å²) in [5.41, 5.74) is 2.19. The number of carbonyl (C=O) groups is 1. The van der Waals surface area contributed by atoms with Gasteiger partial charge in [-0.25, -0.2) is 9.97 Å². The monoisotopic (exact) mass is 387 g/mol. The number of amides is 1. The van der Waals surface area contributed by atoms with Crippen LogP contribution in [0.4, 0.5) is 5.95 Å². The second kappa shape index (κ2) is 7.59. The van der Waals surface area contributed by atoms with E-state index in [0.717, 1.165) is 56.1 Å². The van der Waals surface area contributed by atoms with Crippen molar-refractivity contribution in [3.63, 3.8) is 0 Å². The van der Waals surface area contributed by atoms with Crippen molar-refractivity contribution in [2.75, 3.05) is 45.2 Å². The third kappa shape index (κ3) is 3.50. The lowest BCUT2D eigenvalue weighted by Gasteiger charge is -2.29. The molecule has 3 aliphatic rings. The average molecular weight is 388 g/mol. The highest BCUT2D eigenvalue weighted by Gasteiger charge is 2.63. The van der Waals surface area contributed by atoms with Gasteiger partial charge in [-0.3, -0.25) is 4.79 Å². The highest BCUT2D eigenvalue weighted by Crippen LogP contribution is 2.54. The van der Waals surface area contributed by atoms with Gasteiger partial charge in [-0.1, -0.05) is 6.92 Å². The van der Waals surface area contributed by atoms with Gasteiger partial charge in [0.05, 0.1) is 18.2 Å². The number of ether oxygens (including phenoxy) is 1. The number of carbonyl (C=O) groups excluding carboxylic acids is 1. The summed E-state index contributed by atoms with van der Waals surface area (Å²) in [7, 11) is 3.98. The van der Waals surface area contributed by atoms with E-state index in [2.05, 4.69) is 29.0 Å². The Morgan fingerprint density at radius 3 is 3.04 bits per heavy atom. The van der Waals surface area contributed by atoms with Gasteiger partial charge in [0.1, 0.15) is 0 Å². The molecule has 28 heavy (non-hydrogen) atoms. The summed E-state index contributed by atoms with van der Waals surface area (Å²) < 4.78 is 6.50. The normalized spacial score (nSPS) is 30.9. The zero-order chi connectivity index (χ0) is 19.9. The van der Waals surface area contributed by atoms with Crippen LogP contribution in [-0.4, -0.2) is 72.8 Å². The van der Waals surface area contributed by atoms with Crippen molar-refractivity contribution in [1.29, 1.82) is 0 Å². The summed E-state index contributed by atoms with van der Waals surface area (Å²) in [6.45, 7) is 7.48. The van der Waals surface area contributed by atoms with E-state index in [1.807, 2.05) is 25.2 Å². The molecule has 154 valence electrons. The average Bonchev–Trinajstić information content (AvgIpc) is 3.33. The number of hydrogen-bond acceptors (Lipinski definition) is 6. The summed E-state index contributed by atoms with van der Waals surface area (Å²) >= 11 is 0. The predicted octanol–water partition coefficient (Wildman–Crippen LogP) is 1.40. The number of nitrogens with one attached hydrogen (secondary N) is 1. The van der Waals surface area contributed by atoms with Crippen molar-refractivity contribution >= 4 is 11.9 Å². The number of hydrogen-bond donors (Lipinski definition) is 1. The third-order valence-electron chi connectivity index (χ3n) is 6.79. The molecular formula is C21H33N5O2. The first kappa shape index (κ1) is 19.6. The zero-order valence-corrected chi connectivity index (χ0v) is 17.6. The van der Waals surface area contributed by atoms with Crippen LogP contribution in [0.1, 0.15) is 37.4 Å². The van der Waals surface area contributed by atoms with E-state index in [0.29, 0.717) is 24.8 Å². The topological polar surface area (TPSA) is 70.6 Å². The Balaban J connectivity index is 1.42. The molecule has 4 heterocycles. The molecule has 4 atom stereocenters. The summed E-state index contributed by atoms with van der Waals surface area (Å²) in [4.78, 5) is 25.9. The van der Waals surface area contributed by atoms with Crippen LogP contribution >= 0.6 is 0 Å². The van der Waals surface area contributed by atoms with Crippen LogP contribution in [-0.2, 0) is 16.0 Å². The highest BCUT2D eigenvalue weighted by molar-refractivity contribution is 5.76. The Kier molecular flexibility index (Phi) is 5.31. The molecule has 1 amide bonds. The van der Waals surface area contributed by atoms with Gasteiger partial charge in [0.15, 0.2) is 0 Å². The van der Waals surface area contributed by atoms with Crippen LogP contribution in [0.25, 0.3) is 0 Å². The van der Waals surface area contributed by atoms with Crippen LogP contribution in [0.2, 0.25) is 0 Å². The van der Waals surface area contributed by atoms with E-state index >= 15 is 0 Å². The third-order valence-corrected chi connectivity index (χ3v) is 6.79. The van der Waals surface area contributed by atoms with Crippen molar-refractivity contribution in [1.82, 2.24) is 20.2 Å². The fraction of sp³-hybridized carbons (Fsp3) is 0.762. The summed E-state index contributed by atoms with van der Waals surface area (Å²) in [5, 5.41) is 3.16. The van der Waals surface area contributed by atoms with Crippen LogP contribution < -0.4 is 10.2 Å². The molecule has 1 N–H and O–H groups in total. The quantitative estimate of drug-likeness (QED) is 0.763. The largest absolute Gasteiger partial charge is 0.369 e. The molecule has 7 heteroatoms. The van der Waals surface area contributed by atoms with Crippen LogP contribution in [0.15, 0.2) is 6.20 Å². The molecule has 4 rings (SSSR count). The summed E-state index contributed by atoms with van der Waals surface area (Å²) in [6.07, 6.45) is 5.89. The first-order valence-electron chi connectivity index (χ1n) is 10.6. The molecule has 0 radical (unpaired) electrons. The Morgan fingerprint density at radius 1 is 1.46 bits per heavy atom. The molecule has 0 aromatic carbocycles. The van der Waals surface area contributed by atoms with Gasteiger partial charge in [0.25, 0.3) is 0 Å². The maximum atomic E-state index is 12.2. The number of nitrogens with zero attached hydrogens (tertiary/aromatic N) is 4. The van der Waals surface area contributed by atoms with E-state index in [1.54, 1.807) is 0 Å². The number of rotatable bonds is 7. The molecule has 1 aromatic rings. The number of aryl methyl sites for hydroxylation is 2. The number of aromatic nitrogens is 2. The molecule has 3 fully saturated rings. The van der Waals surface area contributed by atoms with E-state index < -0.39 is 0 Å². The predicted molar refractivity (Wildman–Crippen MR) is 108 cm³/mol. The fourth-order valence-electron chi connectivity index (χ4n) is 5.24. The van der Waals surface area contributed by atoms with E-state index in [4.69, 9.17) is 9.72 Å². The van der Waals surface area contributed by atoms with Gasteiger partial charge >= 0.3 is 0 Å². The molecule has 3 aliphatic heterocycles. The van der Waals surface area contributed by atoms with Crippen LogP contribution in [0.3, 0.4) is 0 Å². The Bertz CT molecular complexity index is 740. The molecule has 0 unspecified atom stereocenters. The maximum Gasteiger partial charge on any atom is 0.225 e. The zero-order valence-electron chi connectivity index (χ0n) is 17.6. The van der Waals surface area contributed by atoms with E-state index in [9.17, 15) is 4.79 Å². The van der Waals surface area contributed by atoms with Crippen molar-refractivity contribution < 1.29 is 9.53 Å². The Morgan fingerprint density at radius 2 is 2.29 bits per heavy atom. The second-order valence-electron chi connectivity index (χ2n) is 8.92.